The summed E-state index contributed by atoms with van der Waals surface area (Å²) >= 11 is 7.30. The lowest BCUT2D eigenvalue weighted by Gasteiger charge is -2.34. The van der Waals surface area contributed by atoms with E-state index >= 15 is 0 Å². The Hall–Kier alpha value is -2.14. The van der Waals surface area contributed by atoms with Gasteiger partial charge in [-0.1, -0.05) is 16.8 Å². The molecule has 0 aliphatic carbocycles. The lowest BCUT2D eigenvalue weighted by Crippen LogP contribution is -2.49. The van der Waals surface area contributed by atoms with Crippen molar-refractivity contribution in [3.63, 3.8) is 0 Å². The molecular formula is C21H26ClN5O4S. The van der Waals surface area contributed by atoms with Gasteiger partial charge in [0.15, 0.2) is 0 Å². The van der Waals surface area contributed by atoms with Gasteiger partial charge in [-0.3, -0.25) is 14.5 Å². The van der Waals surface area contributed by atoms with Gasteiger partial charge < -0.3 is 19.1 Å². The van der Waals surface area contributed by atoms with E-state index < -0.39 is 0 Å². The van der Waals surface area contributed by atoms with Crippen molar-refractivity contribution in [3.8, 4) is 11.4 Å². The van der Waals surface area contributed by atoms with Gasteiger partial charge in [0.25, 0.3) is 0 Å². The summed E-state index contributed by atoms with van der Waals surface area (Å²) < 4.78 is 10.6. The predicted octanol–water partition coefficient (Wildman–Crippen LogP) is 1.63. The number of hydrogen-bond acceptors (Lipinski definition) is 8. The average molecular weight is 480 g/mol. The van der Waals surface area contributed by atoms with Crippen LogP contribution in [0.2, 0.25) is 5.02 Å². The second-order valence-electron chi connectivity index (χ2n) is 7.66. The van der Waals surface area contributed by atoms with Crippen molar-refractivity contribution < 1.29 is 18.8 Å². The Kier molecular flexibility index (Phi) is 8.01. The van der Waals surface area contributed by atoms with Crippen LogP contribution in [-0.2, 0) is 20.9 Å². The fourth-order valence-corrected chi connectivity index (χ4v) is 4.55. The molecule has 2 saturated heterocycles. The molecule has 3 heterocycles. The first-order chi connectivity index (χ1) is 15.6. The van der Waals surface area contributed by atoms with Crippen LogP contribution in [0.1, 0.15) is 5.89 Å². The normalized spacial score (nSPS) is 17.5. The first kappa shape index (κ1) is 23.0. The molecule has 0 N–H and O–H groups in total. The fourth-order valence-electron chi connectivity index (χ4n) is 3.60. The summed E-state index contributed by atoms with van der Waals surface area (Å²) in [6.45, 7) is 5.77. The molecule has 2 aliphatic heterocycles. The number of carbonyl (C=O) groups is 2. The number of morpholine rings is 1. The molecule has 11 heteroatoms. The van der Waals surface area contributed by atoms with E-state index in [0.29, 0.717) is 74.2 Å². The Morgan fingerprint density at radius 3 is 2.22 bits per heavy atom. The van der Waals surface area contributed by atoms with Crippen LogP contribution < -0.4 is 0 Å². The number of rotatable bonds is 7. The minimum Gasteiger partial charge on any atom is -0.378 e. The number of nitrogens with zero attached hydrogens (tertiary/aromatic N) is 5. The van der Waals surface area contributed by atoms with Gasteiger partial charge in [-0.15, -0.1) is 11.8 Å². The Morgan fingerprint density at radius 2 is 1.56 bits per heavy atom. The average Bonchev–Trinajstić information content (AvgIpc) is 3.29. The number of halogens is 1. The number of ether oxygens (including phenoxy) is 1. The van der Waals surface area contributed by atoms with Gasteiger partial charge in [0.2, 0.25) is 23.5 Å². The monoisotopic (exact) mass is 479 g/mol. The van der Waals surface area contributed by atoms with Crippen molar-refractivity contribution in [2.75, 3.05) is 64.0 Å². The quantitative estimate of drug-likeness (QED) is 0.591. The summed E-state index contributed by atoms with van der Waals surface area (Å²) in [4.78, 5) is 35.0. The van der Waals surface area contributed by atoms with E-state index in [2.05, 4.69) is 15.0 Å². The molecule has 2 fully saturated rings. The Labute approximate surface area is 196 Å². The zero-order chi connectivity index (χ0) is 22.3. The van der Waals surface area contributed by atoms with E-state index in [9.17, 15) is 9.59 Å². The van der Waals surface area contributed by atoms with Crippen LogP contribution in [0.5, 0.6) is 0 Å². The van der Waals surface area contributed by atoms with Crippen LogP contribution in [0.15, 0.2) is 28.8 Å². The van der Waals surface area contributed by atoms with Gasteiger partial charge in [0, 0.05) is 49.9 Å². The molecular weight excluding hydrogens is 454 g/mol. The Bertz CT molecular complexity index is 911. The third kappa shape index (κ3) is 6.22. The molecule has 0 radical (unpaired) electrons. The minimum atomic E-state index is 0.0762. The highest BCUT2D eigenvalue weighted by Gasteiger charge is 2.23. The summed E-state index contributed by atoms with van der Waals surface area (Å²) in [5, 5.41) is 4.70. The van der Waals surface area contributed by atoms with Crippen LogP contribution in [0.25, 0.3) is 11.4 Å². The zero-order valence-electron chi connectivity index (χ0n) is 17.7. The molecule has 9 nitrogen and oxygen atoms in total. The van der Waals surface area contributed by atoms with Crippen LogP contribution in [0.4, 0.5) is 0 Å². The molecule has 2 aromatic rings. The smallest absolute Gasteiger partial charge is 0.241 e. The maximum absolute atomic E-state index is 12.5. The van der Waals surface area contributed by atoms with Gasteiger partial charge in [-0.05, 0) is 24.3 Å². The van der Waals surface area contributed by atoms with Gasteiger partial charge in [0.1, 0.15) is 0 Å². The highest BCUT2D eigenvalue weighted by molar-refractivity contribution is 8.00. The van der Waals surface area contributed by atoms with E-state index in [0.717, 1.165) is 18.7 Å². The maximum atomic E-state index is 12.5. The first-order valence-corrected chi connectivity index (χ1v) is 12.1. The molecule has 4 rings (SSSR count). The summed E-state index contributed by atoms with van der Waals surface area (Å²) in [5.74, 6) is 1.89. The van der Waals surface area contributed by atoms with E-state index in [1.165, 1.54) is 11.8 Å². The van der Waals surface area contributed by atoms with Crippen LogP contribution in [-0.4, -0.2) is 101 Å². The van der Waals surface area contributed by atoms with E-state index in [-0.39, 0.29) is 11.8 Å². The lowest BCUT2D eigenvalue weighted by molar-refractivity contribution is -0.132. The molecule has 172 valence electrons. The standard InChI is InChI=1S/C21H26ClN5O4S/c22-17-3-1-16(2-4-17)21-23-18(31-24-21)13-25-5-7-26(8-6-25)19(28)14-32-15-20(29)27-9-11-30-12-10-27/h1-4H,5-15H2. The van der Waals surface area contributed by atoms with Crippen molar-refractivity contribution in [1.29, 1.82) is 0 Å². The topological polar surface area (TPSA) is 92.0 Å². The molecule has 0 bridgehead atoms. The molecule has 0 spiro atoms. The fraction of sp³-hybridized carbons (Fsp3) is 0.524. The highest BCUT2D eigenvalue weighted by atomic mass is 35.5. The van der Waals surface area contributed by atoms with Crippen molar-refractivity contribution in [2.45, 2.75) is 6.54 Å². The largest absolute Gasteiger partial charge is 0.378 e. The number of amides is 2. The number of hydrogen-bond donors (Lipinski definition) is 0. The number of thioether (sulfide) groups is 1. The second kappa shape index (κ2) is 11.1. The number of aromatic nitrogens is 2. The van der Waals surface area contributed by atoms with Crippen molar-refractivity contribution in [1.82, 2.24) is 24.8 Å². The molecule has 0 saturated carbocycles. The summed E-state index contributed by atoms with van der Waals surface area (Å²) in [6, 6.07) is 7.29. The third-order valence-corrected chi connectivity index (χ3v) is 6.62. The van der Waals surface area contributed by atoms with Crippen LogP contribution >= 0.6 is 23.4 Å². The van der Waals surface area contributed by atoms with E-state index in [1.807, 2.05) is 17.0 Å². The van der Waals surface area contributed by atoms with Gasteiger partial charge in [-0.2, -0.15) is 4.98 Å². The minimum absolute atomic E-state index is 0.0762. The summed E-state index contributed by atoms with van der Waals surface area (Å²) in [5.41, 5.74) is 0.851. The first-order valence-electron chi connectivity index (χ1n) is 10.6. The van der Waals surface area contributed by atoms with Gasteiger partial charge >= 0.3 is 0 Å². The highest BCUT2D eigenvalue weighted by Crippen LogP contribution is 2.19. The predicted molar refractivity (Wildman–Crippen MR) is 121 cm³/mol. The molecule has 32 heavy (non-hydrogen) atoms. The third-order valence-electron chi connectivity index (χ3n) is 5.47. The number of benzene rings is 1. The number of carbonyl (C=O) groups excluding carboxylic acids is 2. The Balaban J connectivity index is 1.17. The lowest BCUT2D eigenvalue weighted by atomic mass is 10.2. The summed E-state index contributed by atoms with van der Waals surface area (Å²) in [6.07, 6.45) is 0. The molecule has 0 unspecified atom stereocenters. The molecule has 2 aliphatic rings. The molecule has 2 amide bonds. The number of piperazine rings is 1. The SMILES string of the molecule is O=C(CSCC(=O)N1CCN(Cc2nc(-c3ccc(Cl)cc3)no2)CC1)N1CCOCC1. The van der Waals surface area contributed by atoms with E-state index in [4.69, 9.17) is 20.9 Å². The molecule has 1 aromatic carbocycles. The van der Waals surface area contributed by atoms with Crippen LogP contribution in [0, 0.1) is 0 Å². The molecule has 1 aromatic heterocycles. The Morgan fingerprint density at radius 1 is 0.938 bits per heavy atom. The van der Waals surface area contributed by atoms with Crippen molar-refractivity contribution >= 4 is 35.2 Å². The van der Waals surface area contributed by atoms with Crippen molar-refractivity contribution in [2.24, 2.45) is 0 Å². The van der Waals surface area contributed by atoms with Crippen LogP contribution in [0.3, 0.4) is 0 Å². The molecule has 0 atom stereocenters. The van der Waals surface area contributed by atoms with Gasteiger partial charge in [-0.25, -0.2) is 0 Å². The second-order valence-corrected chi connectivity index (χ2v) is 9.08. The zero-order valence-corrected chi connectivity index (χ0v) is 19.3. The van der Waals surface area contributed by atoms with Gasteiger partial charge in [0.05, 0.1) is 31.3 Å². The maximum Gasteiger partial charge on any atom is 0.241 e. The summed E-state index contributed by atoms with van der Waals surface area (Å²) in [7, 11) is 0. The van der Waals surface area contributed by atoms with E-state index in [1.54, 1.807) is 17.0 Å². The van der Waals surface area contributed by atoms with Crippen molar-refractivity contribution in [3.05, 3.63) is 35.2 Å².